The predicted octanol–water partition coefficient (Wildman–Crippen LogP) is 2.73. The molecule has 1 N–H and O–H groups in total. The van der Waals surface area contributed by atoms with Crippen LogP contribution in [0.25, 0.3) is 0 Å². The second-order valence-electron chi connectivity index (χ2n) is 2.22. The van der Waals surface area contributed by atoms with Crippen molar-refractivity contribution in [2.24, 2.45) is 0 Å². The molecule has 8 heteroatoms. The van der Waals surface area contributed by atoms with Crippen molar-refractivity contribution in [3.63, 3.8) is 0 Å². The van der Waals surface area contributed by atoms with E-state index in [9.17, 15) is 13.2 Å². The molecule has 1 aromatic rings. The third kappa shape index (κ3) is 6.32. The molecule has 15 heavy (non-hydrogen) atoms. The first-order chi connectivity index (χ1) is 6.64. The van der Waals surface area contributed by atoms with Crippen LogP contribution in [0.3, 0.4) is 0 Å². The van der Waals surface area contributed by atoms with Crippen LogP contribution in [0.5, 0.6) is 0 Å². The zero-order valence-corrected chi connectivity index (χ0v) is 8.64. The minimum Gasteiger partial charge on any atom is -0.279 e. The summed E-state index contributed by atoms with van der Waals surface area (Å²) in [5.74, 6) is 0. The molecule has 0 saturated carbocycles. The summed E-state index contributed by atoms with van der Waals surface area (Å²) in [5, 5.41) is 0.794. The van der Waals surface area contributed by atoms with Crippen LogP contribution in [0.1, 0.15) is 0 Å². The van der Waals surface area contributed by atoms with E-state index in [4.69, 9.17) is 24.6 Å². The fourth-order valence-corrected chi connectivity index (χ4v) is 0.560. The first-order valence-corrected chi connectivity index (χ1v) is 5.20. The Kier molecular flexibility index (Phi) is 5.06. The van der Waals surface area contributed by atoms with Crippen molar-refractivity contribution in [1.29, 1.82) is 0 Å². The molecule has 0 bridgehead atoms. The van der Waals surface area contributed by atoms with E-state index in [0.29, 0.717) is 0 Å². The van der Waals surface area contributed by atoms with Gasteiger partial charge in [0.2, 0.25) is 0 Å². The molecule has 1 aromatic carbocycles. The normalized spacial score (nSPS) is 11.5. The zero-order valence-electron chi connectivity index (χ0n) is 7.07. The van der Waals surface area contributed by atoms with Crippen LogP contribution in [0.4, 0.5) is 13.2 Å². The lowest BCUT2D eigenvalue weighted by Gasteiger charge is -1.97. The number of rotatable bonds is 0. The minimum atomic E-state index is -5.84. The summed E-state index contributed by atoms with van der Waals surface area (Å²) < 4.78 is 57.5. The van der Waals surface area contributed by atoms with Gasteiger partial charge in [0, 0.05) is 5.02 Å². The summed E-state index contributed by atoms with van der Waals surface area (Å²) in [7, 11) is -5.84. The molecule has 0 spiro atoms. The second-order valence-corrected chi connectivity index (χ2v) is 4.07. The molecule has 0 aliphatic heterocycles. The molecule has 3 nitrogen and oxygen atoms in total. The van der Waals surface area contributed by atoms with E-state index < -0.39 is 15.6 Å². The van der Waals surface area contributed by atoms with Gasteiger partial charge in [-0.05, 0) is 12.1 Å². The molecule has 86 valence electrons. The maximum atomic E-state index is 10.7. The van der Waals surface area contributed by atoms with Crippen molar-refractivity contribution in [3.8, 4) is 0 Å². The Morgan fingerprint density at radius 3 is 1.60 bits per heavy atom. The maximum absolute atomic E-state index is 10.7. The van der Waals surface area contributed by atoms with Crippen LogP contribution in [0, 0.1) is 0 Å². The van der Waals surface area contributed by atoms with Gasteiger partial charge in [-0.1, -0.05) is 29.8 Å². The summed E-state index contributed by atoms with van der Waals surface area (Å²) in [6.45, 7) is 0. The van der Waals surface area contributed by atoms with Crippen molar-refractivity contribution >= 4 is 21.7 Å². The van der Waals surface area contributed by atoms with Crippen molar-refractivity contribution < 1.29 is 26.1 Å². The second kappa shape index (κ2) is 5.34. The molecule has 1 rings (SSSR count). The van der Waals surface area contributed by atoms with E-state index in [1.54, 1.807) is 0 Å². The fraction of sp³-hybridized carbons (Fsp3) is 0.143. The first-order valence-electron chi connectivity index (χ1n) is 3.39. The quantitative estimate of drug-likeness (QED) is 0.578. The molecule has 0 aliphatic rings. The molecule has 0 heterocycles. The van der Waals surface area contributed by atoms with Gasteiger partial charge >= 0.3 is 15.6 Å². The van der Waals surface area contributed by atoms with Crippen LogP contribution >= 0.6 is 11.6 Å². The Hall–Kier alpha value is -0.790. The van der Waals surface area contributed by atoms with Crippen LogP contribution in [0.2, 0.25) is 5.02 Å². The van der Waals surface area contributed by atoms with E-state index in [1.807, 2.05) is 30.3 Å². The number of hydrogen-bond acceptors (Lipinski definition) is 2. The van der Waals surface area contributed by atoms with Gasteiger partial charge in [-0.2, -0.15) is 21.6 Å². The lowest BCUT2D eigenvalue weighted by Crippen LogP contribution is -2.21. The van der Waals surface area contributed by atoms with Gasteiger partial charge in [-0.15, -0.1) is 0 Å². The van der Waals surface area contributed by atoms with E-state index in [0.717, 1.165) is 5.02 Å². The van der Waals surface area contributed by atoms with E-state index in [-0.39, 0.29) is 0 Å². The third-order valence-corrected chi connectivity index (χ3v) is 1.86. The van der Waals surface area contributed by atoms with Gasteiger partial charge in [0.1, 0.15) is 0 Å². The van der Waals surface area contributed by atoms with Crippen molar-refractivity contribution in [3.05, 3.63) is 35.4 Å². The van der Waals surface area contributed by atoms with E-state index >= 15 is 0 Å². The Bertz CT molecular complexity index is 388. The highest BCUT2D eigenvalue weighted by molar-refractivity contribution is 7.86. The van der Waals surface area contributed by atoms with Crippen molar-refractivity contribution in [1.82, 2.24) is 0 Å². The summed E-state index contributed by atoms with van der Waals surface area (Å²) in [5.41, 5.74) is -5.53. The number of benzene rings is 1. The van der Waals surface area contributed by atoms with Gasteiger partial charge in [-0.25, -0.2) is 0 Å². The topological polar surface area (TPSA) is 54.4 Å². The Morgan fingerprint density at radius 2 is 1.47 bits per heavy atom. The van der Waals surface area contributed by atoms with E-state index in [1.165, 1.54) is 0 Å². The molecule has 0 unspecified atom stereocenters. The molecule has 0 aromatic heterocycles. The lowest BCUT2D eigenvalue weighted by atomic mass is 10.4. The average molecular weight is 263 g/mol. The molecular formula is C7H6ClF3O3S. The average Bonchev–Trinajstić information content (AvgIpc) is 2.02. The predicted molar refractivity (Wildman–Crippen MR) is 49.1 cm³/mol. The Labute approximate surface area is 89.2 Å². The molecule has 0 saturated heterocycles. The van der Waals surface area contributed by atoms with Crippen LogP contribution in [-0.4, -0.2) is 18.5 Å². The Morgan fingerprint density at radius 1 is 1.13 bits per heavy atom. The SMILES string of the molecule is Clc1ccccc1.O=S(=O)(O)C(F)(F)F. The number of hydrogen-bond donors (Lipinski definition) is 1. The van der Waals surface area contributed by atoms with Crippen molar-refractivity contribution in [2.75, 3.05) is 0 Å². The van der Waals surface area contributed by atoms with Gasteiger partial charge in [0.05, 0.1) is 0 Å². The standard InChI is InChI=1S/C6H5Cl.CHF3O3S/c7-6-4-2-1-3-5-6;2-1(3,4)8(5,6)7/h1-5H;(H,5,6,7). The number of alkyl halides is 3. The van der Waals surface area contributed by atoms with Gasteiger partial charge < -0.3 is 0 Å². The van der Waals surface area contributed by atoms with Crippen LogP contribution in [0.15, 0.2) is 30.3 Å². The highest BCUT2D eigenvalue weighted by atomic mass is 35.5. The molecule has 0 aliphatic carbocycles. The summed E-state index contributed by atoms with van der Waals surface area (Å²) >= 11 is 5.54. The van der Waals surface area contributed by atoms with Crippen molar-refractivity contribution in [2.45, 2.75) is 5.51 Å². The molecule has 0 atom stereocenters. The molecule has 0 fully saturated rings. The Balaban J connectivity index is 0.000000262. The monoisotopic (exact) mass is 262 g/mol. The van der Waals surface area contributed by atoms with Crippen LogP contribution < -0.4 is 0 Å². The van der Waals surface area contributed by atoms with Gasteiger partial charge in [-0.3, -0.25) is 4.55 Å². The van der Waals surface area contributed by atoms with E-state index in [2.05, 4.69) is 0 Å². The fourth-order valence-electron chi connectivity index (χ4n) is 0.415. The van der Waals surface area contributed by atoms with Gasteiger partial charge in [0.25, 0.3) is 0 Å². The molecular weight excluding hydrogens is 257 g/mol. The first kappa shape index (κ1) is 14.2. The smallest absolute Gasteiger partial charge is 0.279 e. The molecule has 0 amide bonds. The summed E-state index contributed by atoms with van der Waals surface area (Å²) in [6, 6.07) is 9.44. The van der Waals surface area contributed by atoms with Gasteiger partial charge in [0.15, 0.2) is 0 Å². The van der Waals surface area contributed by atoms with Crippen LogP contribution in [-0.2, 0) is 10.1 Å². The third-order valence-electron chi connectivity index (χ3n) is 1.03. The highest BCUT2D eigenvalue weighted by Crippen LogP contribution is 2.20. The summed E-state index contributed by atoms with van der Waals surface area (Å²) in [4.78, 5) is 0. The zero-order chi connectivity index (χ0) is 12.1. The lowest BCUT2D eigenvalue weighted by molar-refractivity contribution is -0.0510. The maximum Gasteiger partial charge on any atom is 0.522 e. The molecule has 0 radical (unpaired) electrons. The summed E-state index contributed by atoms with van der Waals surface area (Å²) in [6.07, 6.45) is 0. The number of halogens is 4. The highest BCUT2D eigenvalue weighted by Gasteiger charge is 2.44. The largest absolute Gasteiger partial charge is 0.522 e. The minimum absolute atomic E-state index is 0.794.